The van der Waals surface area contributed by atoms with Gasteiger partial charge in [0.25, 0.3) is 5.91 Å². The Morgan fingerprint density at radius 1 is 1.12 bits per heavy atom. The van der Waals surface area contributed by atoms with Gasteiger partial charge in [-0.15, -0.1) is 0 Å². The second-order valence-electron chi connectivity index (χ2n) is 12.2. The molecule has 2 bridgehead atoms. The van der Waals surface area contributed by atoms with Crippen LogP contribution in [0.1, 0.15) is 61.0 Å². The molecular weight excluding hydrogens is 548 g/mol. The van der Waals surface area contributed by atoms with E-state index < -0.39 is 27.3 Å². The quantitative estimate of drug-likeness (QED) is 0.430. The first kappa shape index (κ1) is 27.6. The average Bonchev–Trinajstić information content (AvgIpc) is 3.05. The second kappa shape index (κ2) is 10.4. The van der Waals surface area contributed by atoms with Crippen LogP contribution in [0.2, 0.25) is 5.02 Å². The first-order valence-corrected chi connectivity index (χ1v) is 16.2. The number of rotatable bonds is 0. The van der Waals surface area contributed by atoms with Crippen LogP contribution < -0.4 is 14.4 Å². The maximum atomic E-state index is 13.2. The van der Waals surface area contributed by atoms with E-state index in [4.69, 9.17) is 16.3 Å². The molecule has 0 unspecified atom stereocenters. The van der Waals surface area contributed by atoms with E-state index in [1.54, 1.807) is 44.2 Å². The number of carbonyl (C=O) groups is 1. The van der Waals surface area contributed by atoms with Crippen molar-refractivity contribution in [2.45, 2.75) is 62.7 Å². The minimum absolute atomic E-state index is 0.0875. The predicted octanol–water partition coefficient (Wildman–Crippen LogP) is 4.85. The molecule has 214 valence electrons. The minimum Gasteiger partial charge on any atom is -0.490 e. The minimum atomic E-state index is -3.95. The van der Waals surface area contributed by atoms with Crippen LogP contribution in [0.15, 0.2) is 48.6 Å². The summed E-state index contributed by atoms with van der Waals surface area (Å²) < 4.78 is 35.0. The Bertz CT molecular complexity index is 1460. The Balaban J connectivity index is 1.44. The molecule has 1 amide bonds. The Morgan fingerprint density at radius 2 is 1.95 bits per heavy atom. The molecule has 6 rings (SSSR count). The second-order valence-corrected chi connectivity index (χ2v) is 14.7. The lowest BCUT2D eigenvalue weighted by Gasteiger charge is -2.45. The molecule has 2 heterocycles. The van der Waals surface area contributed by atoms with Crippen LogP contribution in [0, 0.1) is 17.8 Å². The van der Waals surface area contributed by atoms with Gasteiger partial charge in [0.2, 0.25) is 10.0 Å². The monoisotopic (exact) mass is 584 g/mol. The summed E-state index contributed by atoms with van der Waals surface area (Å²) in [7, 11) is -3.95. The number of carbonyl (C=O) groups excluding carboxylic acids is 1. The number of aryl methyl sites for hydroxylation is 1. The molecule has 9 heteroatoms. The molecule has 2 N–H and O–H groups in total. The number of hydrogen-bond donors (Lipinski definition) is 2. The van der Waals surface area contributed by atoms with Gasteiger partial charge in [0.15, 0.2) is 0 Å². The van der Waals surface area contributed by atoms with Crippen molar-refractivity contribution in [3.63, 3.8) is 0 Å². The van der Waals surface area contributed by atoms with E-state index in [1.165, 1.54) is 11.1 Å². The van der Waals surface area contributed by atoms with E-state index in [-0.39, 0.29) is 28.7 Å². The summed E-state index contributed by atoms with van der Waals surface area (Å²) in [5, 5.41) is 11.0. The fraction of sp³-hybridized carbons (Fsp3) is 0.516. The van der Waals surface area contributed by atoms with Crippen LogP contribution in [0.3, 0.4) is 0 Å². The zero-order valence-electron chi connectivity index (χ0n) is 23.0. The number of aliphatic hydroxyl groups excluding tert-OH is 1. The highest BCUT2D eigenvalue weighted by Crippen LogP contribution is 2.46. The maximum absolute atomic E-state index is 13.2. The van der Waals surface area contributed by atoms with Crippen molar-refractivity contribution >= 4 is 33.2 Å². The summed E-state index contributed by atoms with van der Waals surface area (Å²) in [6, 6.07) is 11.3. The van der Waals surface area contributed by atoms with Crippen LogP contribution in [-0.2, 0) is 21.9 Å². The lowest BCUT2D eigenvalue weighted by atomic mass is 9.68. The van der Waals surface area contributed by atoms with E-state index in [2.05, 4.69) is 21.8 Å². The first-order valence-electron chi connectivity index (χ1n) is 14.3. The predicted molar refractivity (Wildman–Crippen MR) is 157 cm³/mol. The van der Waals surface area contributed by atoms with Gasteiger partial charge in [-0.25, -0.2) is 13.1 Å². The smallest absolute Gasteiger partial charge is 0.264 e. The lowest BCUT2D eigenvalue weighted by Crippen LogP contribution is -2.49. The standard InChI is InChI=1S/C31H37ClN2O5S/c1-19-5-11-28(35)25-9-6-23(25)16-34-17-31(13-3-4-21-14-24(32)8-10-26(21)31)18-39-29-12-7-22(15-27(29)34)30(36)33-40(37,38)20(19)2/h5,7-8,10-12,14-15,19-20,23,25,28,35H,3-4,6,9,13,16-18H2,1-2H3,(H,33,36)/b11-5+/t19-,20+,23+,25-,28+,31+/m1/s1. The van der Waals surface area contributed by atoms with Gasteiger partial charge in [0.1, 0.15) is 5.75 Å². The molecule has 1 spiro atoms. The number of anilines is 1. The highest BCUT2D eigenvalue weighted by atomic mass is 35.5. The number of sulfonamides is 1. The average molecular weight is 585 g/mol. The molecule has 0 radical (unpaired) electrons. The third kappa shape index (κ3) is 4.92. The number of ether oxygens (including phenoxy) is 1. The van der Waals surface area contributed by atoms with Crippen LogP contribution in [0.5, 0.6) is 5.75 Å². The number of aliphatic hydroxyl groups is 1. The van der Waals surface area contributed by atoms with Gasteiger partial charge in [0.05, 0.1) is 23.6 Å². The Hall–Kier alpha value is -2.55. The van der Waals surface area contributed by atoms with E-state index >= 15 is 0 Å². The van der Waals surface area contributed by atoms with Crippen LogP contribution in [0.4, 0.5) is 5.69 Å². The van der Waals surface area contributed by atoms with Crippen molar-refractivity contribution < 1.29 is 23.1 Å². The lowest BCUT2D eigenvalue weighted by molar-refractivity contribution is 0.0454. The largest absolute Gasteiger partial charge is 0.490 e. The molecule has 6 atom stereocenters. The number of benzene rings is 2. The van der Waals surface area contributed by atoms with Crippen molar-refractivity contribution in [3.05, 3.63) is 70.3 Å². The molecule has 0 aromatic heterocycles. The summed E-state index contributed by atoms with van der Waals surface area (Å²) >= 11 is 6.37. The third-order valence-corrected chi connectivity index (χ3v) is 11.9. The van der Waals surface area contributed by atoms with Gasteiger partial charge in [-0.2, -0.15) is 0 Å². The summed E-state index contributed by atoms with van der Waals surface area (Å²) in [5.41, 5.74) is 3.32. The number of allylic oxidation sites excluding steroid dienone is 1. The zero-order chi connectivity index (χ0) is 28.2. The van der Waals surface area contributed by atoms with Crippen LogP contribution in [-0.4, -0.2) is 50.5 Å². The van der Waals surface area contributed by atoms with Gasteiger partial charge in [-0.3, -0.25) is 4.79 Å². The number of halogens is 1. The highest BCUT2D eigenvalue weighted by Gasteiger charge is 2.44. The van der Waals surface area contributed by atoms with E-state index in [1.807, 2.05) is 6.07 Å². The molecule has 2 aliphatic heterocycles. The fourth-order valence-corrected chi connectivity index (χ4v) is 8.37. The van der Waals surface area contributed by atoms with Crippen molar-refractivity contribution in [2.75, 3.05) is 24.6 Å². The molecule has 2 aromatic rings. The Kier molecular flexibility index (Phi) is 7.16. The topological polar surface area (TPSA) is 95.9 Å². The molecular formula is C31H37ClN2O5S. The van der Waals surface area contributed by atoms with Crippen LogP contribution in [0.25, 0.3) is 0 Å². The molecule has 4 aliphatic rings. The molecule has 0 saturated heterocycles. The normalized spacial score (nSPS) is 34.0. The summed E-state index contributed by atoms with van der Waals surface area (Å²) in [4.78, 5) is 15.6. The molecule has 1 fully saturated rings. The van der Waals surface area contributed by atoms with E-state index in [0.717, 1.165) is 42.8 Å². The SMILES string of the molecule is C[C@@H]1/C=C/[C@H](O)[C@@H]2CC[C@H]2CN2C[C@@]3(CCCc4cc(Cl)ccc43)COc3ccc(cc32)C(=O)NS(=O)(=O)[C@H]1C. The molecule has 2 aliphatic carbocycles. The van der Waals surface area contributed by atoms with Gasteiger partial charge in [0, 0.05) is 29.1 Å². The first-order chi connectivity index (χ1) is 19.1. The van der Waals surface area contributed by atoms with Crippen LogP contribution >= 0.6 is 11.6 Å². The number of nitrogens with one attached hydrogen (secondary N) is 1. The summed E-state index contributed by atoms with van der Waals surface area (Å²) in [5.74, 6) is -0.00460. The highest BCUT2D eigenvalue weighted by molar-refractivity contribution is 7.90. The van der Waals surface area contributed by atoms with Gasteiger partial charge < -0.3 is 14.7 Å². The van der Waals surface area contributed by atoms with Gasteiger partial charge >= 0.3 is 0 Å². The number of hydrogen-bond acceptors (Lipinski definition) is 6. The number of amides is 1. The third-order valence-electron chi connectivity index (χ3n) is 9.75. The van der Waals surface area contributed by atoms with Crippen molar-refractivity contribution in [1.29, 1.82) is 0 Å². The molecule has 7 nitrogen and oxygen atoms in total. The van der Waals surface area contributed by atoms with E-state index in [9.17, 15) is 18.3 Å². The zero-order valence-corrected chi connectivity index (χ0v) is 24.5. The molecule has 1 saturated carbocycles. The van der Waals surface area contributed by atoms with Crippen molar-refractivity contribution in [2.24, 2.45) is 17.8 Å². The fourth-order valence-electron chi connectivity index (χ4n) is 6.96. The summed E-state index contributed by atoms with van der Waals surface area (Å²) in [6.07, 6.45) is 7.75. The van der Waals surface area contributed by atoms with Crippen molar-refractivity contribution in [1.82, 2.24) is 4.72 Å². The maximum Gasteiger partial charge on any atom is 0.264 e. The van der Waals surface area contributed by atoms with Gasteiger partial charge in [-0.1, -0.05) is 36.7 Å². The van der Waals surface area contributed by atoms with E-state index in [0.29, 0.717) is 25.4 Å². The molecule has 2 aromatic carbocycles. The Labute approximate surface area is 241 Å². The van der Waals surface area contributed by atoms with Crippen molar-refractivity contribution in [3.8, 4) is 5.75 Å². The number of fused-ring (bicyclic) bond motifs is 4. The molecule has 40 heavy (non-hydrogen) atoms. The number of nitrogens with zero attached hydrogens (tertiary/aromatic N) is 1. The summed E-state index contributed by atoms with van der Waals surface area (Å²) in [6.45, 7) is 5.29. The Morgan fingerprint density at radius 3 is 2.73 bits per heavy atom. The van der Waals surface area contributed by atoms with Gasteiger partial charge in [-0.05, 0) is 98.2 Å².